The summed E-state index contributed by atoms with van der Waals surface area (Å²) in [6.45, 7) is 10.8. The summed E-state index contributed by atoms with van der Waals surface area (Å²) < 4.78 is 0. The lowest BCUT2D eigenvalue weighted by Gasteiger charge is -2.13. The van der Waals surface area contributed by atoms with Gasteiger partial charge < -0.3 is 0 Å². The zero-order chi connectivity index (χ0) is 10.6. The number of hydrogen-bond donors (Lipinski definition) is 0. The molecule has 1 aliphatic carbocycles. The number of hydrogen-bond acceptors (Lipinski definition) is 0. The average Bonchev–Trinajstić information content (AvgIpc) is 2.57. The van der Waals surface area contributed by atoms with Crippen LogP contribution in [0.2, 0.25) is 0 Å². The molecule has 0 aromatic heterocycles. The molecule has 2 atom stereocenters. The van der Waals surface area contributed by atoms with Crippen LogP contribution in [0.5, 0.6) is 0 Å². The molecule has 0 saturated heterocycles. The second kappa shape index (κ2) is 5.51. The predicted octanol–water partition coefficient (Wildman–Crippen LogP) is 4.36. The van der Waals surface area contributed by atoms with Crippen molar-refractivity contribution in [2.75, 3.05) is 6.66 Å². The van der Waals surface area contributed by atoms with Crippen molar-refractivity contribution in [2.24, 2.45) is 11.8 Å². The summed E-state index contributed by atoms with van der Waals surface area (Å²) in [5.41, 5.74) is 2.99. The van der Waals surface area contributed by atoms with E-state index in [1.807, 2.05) is 6.08 Å². The highest BCUT2D eigenvalue weighted by Gasteiger charge is 2.23. The van der Waals surface area contributed by atoms with E-state index in [1.54, 1.807) is 0 Å². The quantitative estimate of drug-likeness (QED) is 0.602. The number of allylic oxidation sites excluding steroid dienone is 4. The molecule has 0 saturated carbocycles. The Labute approximate surface area is 90.0 Å². The molecule has 0 bridgehead atoms. The van der Waals surface area contributed by atoms with Gasteiger partial charge in [0.2, 0.25) is 0 Å². The highest BCUT2D eigenvalue weighted by molar-refractivity contribution is 7.40. The van der Waals surface area contributed by atoms with Crippen molar-refractivity contribution in [3.8, 4) is 0 Å². The third-order valence-corrected chi connectivity index (χ3v) is 3.52. The minimum atomic E-state index is 0.792. The van der Waals surface area contributed by atoms with Gasteiger partial charge in [-0.1, -0.05) is 38.4 Å². The fourth-order valence-corrected chi connectivity index (χ4v) is 2.31. The van der Waals surface area contributed by atoms with E-state index in [2.05, 4.69) is 39.0 Å². The SMILES string of the molecule is C=CC1=C(/C=C\PC)CC(C(C)C)C1. The smallest absolute Gasteiger partial charge is 0.0242 e. The Bertz CT molecular complexity index is 258. The van der Waals surface area contributed by atoms with E-state index in [1.165, 1.54) is 24.0 Å². The predicted molar refractivity (Wildman–Crippen MR) is 68.2 cm³/mol. The first kappa shape index (κ1) is 11.7. The van der Waals surface area contributed by atoms with Crippen molar-refractivity contribution >= 4 is 8.58 Å². The molecule has 0 N–H and O–H groups in total. The Morgan fingerprint density at radius 1 is 1.36 bits per heavy atom. The van der Waals surface area contributed by atoms with Crippen LogP contribution in [0.1, 0.15) is 26.7 Å². The molecular formula is C13H21P. The van der Waals surface area contributed by atoms with Crippen LogP contribution >= 0.6 is 8.58 Å². The van der Waals surface area contributed by atoms with Crippen molar-refractivity contribution in [2.45, 2.75) is 26.7 Å². The molecule has 1 heteroatoms. The molecule has 0 heterocycles. The van der Waals surface area contributed by atoms with Gasteiger partial charge in [-0.25, -0.2) is 0 Å². The third kappa shape index (κ3) is 2.82. The molecule has 78 valence electrons. The van der Waals surface area contributed by atoms with Crippen LogP contribution < -0.4 is 0 Å². The zero-order valence-electron chi connectivity index (χ0n) is 9.51. The molecule has 0 fully saturated rings. The van der Waals surface area contributed by atoms with E-state index < -0.39 is 0 Å². The summed E-state index contributed by atoms with van der Waals surface area (Å²) in [4.78, 5) is 0. The van der Waals surface area contributed by atoms with Crippen molar-refractivity contribution < 1.29 is 0 Å². The summed E-state index contributed by atoms with van der Waals surface area (Å²) in [5, 5.41) is 0. The van der Waals surface area contributed by atoms with Crippen molar-refractivity contribution in [1.82, 2.24) is 0 Å². The average molecular weight is 208 g/mol. The van der Waals surface area contributed by atoms with Gasteiger partial charge >= 0.3 is 0 Å². The van der Waals surface area contributed by atoms with Crippen LogP contribution in [0.4, 0.5) is 0 Å². The lowest BCUT2D eigenvalue weighted by molar-refractivity contribution is 0.404. The fourth-order valence-electron chi connectivity index (χ4n) is 1.94. The Morgan fingerprint density at radius 3 is 2.50 bits per heavy atom. The first-order valence-electron chi connectivity index (χ1n) is 5.37. The molecule has 0 amide bonds. The molecule has 2 unspecified atom stereocenters. The molecule has 0 aromatic carbocycles. The Hall–Kier alpha value is -0.350. The maximum atomic E-state index is 3.91. The molecule has 1 aliphatic rings. The van der Waals surface area contributed by atoms with Gasteiger partial charge in [0.15, 0.2) is 0 Å². The van der Waals surface area contributed by atoms with Crippen LogP contribution in [-0.2, 0) is 0 Å². The summed E-state index contributed by atoms with van der Waals surface area (Å²) in [6.07, 6.45) is 6.83. The molecule has 1 rings (SSSR count). The van der Waals surface area contributed by atoms with E-state index >= 15 is 0 Å². The van der Waals surface area contributed by atoms with E-state index in [0.717, 1.165) is 20.4 Å². The van der Waals surface area contributed by atoms with Gasteiger partial charge in [0.05, 0.1) is 0 Å². The van der Waals surface area contributed by atoms with Gasteiger partial charge in [0, 0.05) is 0 Å². The van der Waals surface area contributed by atoms with Gasteiger partial charge in [-0.05, 0) is 42.5 Å². The Kier molecular flexibility index (Phi) is 4.62. The maximum absolute atomic E-state index is 3.91. The lowest BCUT2D eigenvalue weighted by atomic mass is 9.92. The lowest BCUT2D eigenvalue weighted by Crippen LogP contribution is -2.03. The maximum Gasteiger partial charge on any atom is -0.0242 e. The van der Waals surface area contributed by atoms with Crippen LogP contribution in [0.15, 0.2) is 35.7 Å². The molecule has 0 nitrogen and oxygen atoms in total. The summed E-state index contributed by atoms with van der Waals surface area (Å²) in [7, 11) is 0.913. The molecule has 0 aliphatic heterocycles. The molecule has 14 heavy (non-hydrogen) atoms. The highest BCUT2D eigenvalue weighted by atomic mass is 31.1. The molecular weight excluding hydrogens is 187 g/mol. The molecule has 0 radical (unpaired) electrons. The largest absolute Gasteiger partial charge is 0.102 e. The van der Waals surface area contributed by atoms with Crippen LogP contribution in [0, 0.1) is 11.8 Å². The first-order chi connectivity index (χ1) is 6.69. The number of rotatable bonds is 4. The minimum Gasteiger partial charge on any atom is -0.102 e. The third-order valence-electron chi connectivity index (χ3n) is 3.02. The van der Waals surface area contributed by atoms with Gasteiger partial charge in [-0.15, -0.1) is 8.58 Å². The summed E-state index contributed by atoms with van der Waals surface area (Å²) in [6, 6.07) is 0. The minimum absolute atomic E-state index is 0.792. The van der Waals surface area contributed by atoms with Crippen LogP contribution in [0.25, 0.3) is 0 Å². The molecule has 0 spiro atoms. The van der Waals surface area contributed by atoms with Crippen LogP contribution in [-0.4, -0.2) is 6.66 Å². The zero-order valence-corrected chi connectivity index (χ0v) is 10.5. The van der Waals surface area contributed by atoms with Crippen molar-refractivity contribution in [3.63, 3.8) is 0 Å². The van der Waals surface area contributed by atoms with Crippen molar-refractivity contribution in [3.05, 3.63) is 35.7 Å². The van der Waals surface area contributed by atoms with E-state index in [4.69, 9.17) is 0 Å². The Balaban J connectivity index is 2.70. The van der Waals surface area contributed by atoms with Gasteiger partial charge in [0.25, 0.3) is 0 Å². The van der Waals surface area contributed by atoms with Crippen LogP contribution in [0.3, 0.4) is 0 Å². The van der Waals surface area contributed by atoms with E-state index in [0.29, 0.717) is 0 Å². The second-order valence-corrected chi connectivity index (χ2v) is 5.20. The monoisotopic (exact) mass is 208 g/mol. The molecule has 0 aromatic rings. The summed E-state index contributed by atoms with van der Waals surface area (Å²) >= 11 is 0. The highest BCUT2D eigenvalue weighted by Crippen LogP contribution is 2.37. The van der Waals surface area contributed by atoms with Gasteiger partial charge in [-0.2, -0.15) is 0 Å². The second-order valence-electron chi connectivity index (χ2n) is 4.29. The normalized spacial score (nSPS) is 23.6. The summed E-state index contributed by atoms with van der Waals surface area (Å²) in [5.74, 6) is 3.91. The van der Waals surface area contributed by atoms with E-state index in [9.17, 15) is 0 Å². The van der Waals surface area contributed by atoms with Gasteiger partial charge in [-0.3, -0.25) is 0 Å². The Morgan fingerprint density at radius 2 is 2.00 bits per heavy atom. The standard InChI is InChI=1S/C13H21P/c1-5-11-8-13(10(2)3)9-12(11)6-7-14-4/h5-7,10,13-14H,1,8-9H2,2-4H3/b7-6-. The fraction of sp³-hybridized carbons (Fsp3) is 0.538. The first-order valence-corrected chi connectivity index (χ1v) is 6.95. The topological polar surface area (TPSA) is 0 Å². The van der Waals surface area contributed by atoms with Gasteiger partial charge in [0.1, 0.15) is 0 Å². The van der Waals surface area contributed by atoms with E-state index in [-0.39, 0.29) is 0 Å². The van der Waals surface area contributed by atoms with Crippen molar-refractivity contribution in [1.29, 1.82) is 0 Å².